The predicted molar refractivity (Wildman–Crippen MR) is 39.4 cm³/mol. The minimum Gasteiger partial charge on any atom is -0.497 e. The van der Waals surface area contributed by atoms with Gasteiger partial charge in [0.15, 0.2) is 0 Å². The Hall–Kier alpha value is -1.33. The van der Waals surface area contributed by atoms with Crippen LogP contribution in [0.25, 0.3) is 5.53 Å². The summed E-state index contributed by atoms with van der Waals surface area (Å²) in [6.45, 7) is 0. The van der Waals surface area contributed by atoms with Crippen LogP contribution in [0.3, 0.4) is 0 Å². The lowest BCUT2D eigenvalue weighted by molar-refractivity contribution is -0.00253. The standard InChI is InChI=1S/C4H4N4O2S/c1-11(9,10)4-3(8-5)6-2-7-4/h2H,1H3. The molecule has 0 atom stereocenters. The molecule has 0 spiro atoms. The van der Waals surface area contributed by atoms with Gasteiger partial charge in [-0.05, 0) is 4.99 Å². The summed E-state index contributed by atoms with van der Waals surface area (Å²) in [7, 11) is -3.43. The zero-order chi connectivity index (χ0) is 8.48. The van der Waals surface area contributed by atoms with Crippen molar-refractivity contribution in [2.24, 2.45) is 9.98 Å². The van der Waals surface area contributed by atoms with Gasteiger partial charge in [-0.15, -0.1) is 0 Å². The summed E-state index contributed by atoms with van der Waals surface area (Å²) in [5.74, 6) is -0.271. The highest BCUT2D eigenvalue weighted by molar-refractivity contribution is 8.07. The summed E-state index contributed by atoms with van der Waals surface area (Å²) in [6, 6.07) is 0. The Labute approximate surface area is 62.8 Å². The summed E-state index contributed by atoms with van der Waals surface area (Å²) in [4.78, 5) is 9.44. The Morgan fingerprint density at radius 1 is 1.64 bits per heavy atom. The van der Waals surface area contributed by atoms with E-state index in [2.05, 4.69) is 14.8 Å². The fraction of sp³-hybridized carbons (Fsp3) is 0.250. The molecular weight excluding hydrogens is 168 g/mol. The normalized spacial score (nSPS) is 16.5. The van der Waals surface area contributed by atoms with Crippen molar-refractivity contribution in [3.8, 4) is 0 Å². The zero-order valence-electron chi connectivity index (χ0n) is 5.59. The number of hydrogen-bond acceptors (Lipinski definition) is 3. The first-order valence-electron chi connectivity index (χ1n) is 2.58. The smallest absolute Gasteiger partial charge is 0.440 e. The first kappa shape index (κ1) is 7.77. The molecule has 7 heteroatoms. The molecule has 0 aromatic rings. The molecule has 58 valence electrons. The van der Waals surface area contributed by atoms with Crippen LogP contribution in [-0.2, 0) is 9.84 Å². The largest absolute Gasteiger partial charge is 0.497 e. The van der Waals surface area contributed by atoms with Crippen molar-refractivity contribution in [2.45, 2.75) is 0 Å². The van der Waals surface area contributed by atoms with Crippen molar-refractivity contribution >= 4 is 27.1 Å². The van der Waals surface area contributed by atoms with E-state index in [0.717, 1.165) is 12.6 Å². The van der Waals surface area contributed by atoms with Crippen LogP contribution in [0.2, 0.25) is 0 Å². The number of nitrogens with zero attached hydrogens (tertiary/aromatic N) is 4. The second-order valence-electron chi connectivity index (χ2n) is 1.87. The predicted octanol–water partition coefficient (Wildman–Crippen LogP) is -0.900. The molecule has 0 radical (unpaired) electrons. The molecule has 1 aliphatic heterocycles. The number of amidine groups is 1. The molecule has 0 aliphatic carbocycles. The second kappa shape index (κ2) is 2.37. The van der Waals surface area contributed by atoms with Gasteiger partial charge in [-0.3, -0.25) is 0 Å². The molecule has 0 saturated heterocycles. The van der Waals surface area contributed by atoms with Crippen LogP contribution in [0.1, 0.15) is 0 Å². The number of aliphatic imine (C=N–C) groups is 2. The molecule has 1 heterocycles. The van der Waals surface area contributed by atoms with Crippen molar-refractivity contribution in [1.29, 1.82) is 0 Å². The van der Waals surface area contributed by atoms with Gasteiger partial charge in [-0.1, -0.05) is 0 Å². The molecule has 0 aromatic heterocycles. The van der Waals surface area contributed by atoms with Crippen LogP contribution < -0.4 is 0 Å². The fourth-order valence-electron chi connectivity index (χ4n) is 0.579. The topological polar surface area (TPSA) is 95.3 Å². The van der Waals surface area contributed by atoms with Gasteiger partial charge in [0.1, 0.15) is 0 Å². The number of rotatable bonds is 0. The summed E-state index contributed by atoms with van der Waals surface area (Å²) in [5, 5.41) is -0.306. The van der Waals surface area contributed by atoms with Crippen molar-refractivity contribution in [2.75, 3.05) is 6.26 Å². The Kier molecular flexibility index (Phi) is 1.67. The van der Waals surface area contributed by atoms with Gasteiger partial charge >= 0.3 is 5.84 Å². The third-order valence-corrected chi connectivity index (χ3v) is 1.98. The quantitative estimate of drug-likeness (QED) is 0.349. The fourth-order valence-corrected chi connectivity index (χ4v) is 1.24. The Morgan fingerprint density at radius 2 is 2.27 bits per heavy atom. The van der Waals surface area contributed by atoms with Gasteiger partial charge in [0.05, 0.1) is 0 Å². The van der Waals surface area contributed by atoms with E-state index < -0.39 is 9.84 Å². The molecule has 0 saturated carbocycles. The highest BCUT2D eigenvalue weighted by Gasteiger charge is 2.30. The molecule has 11 heavy (non-hydrogen) atoms. The third-order valence-electron chi connectivity index (χ3n) is 0.992. The van der Waals surface area contributed by atoms with E-state index in [-0.39, 0.29) is 10.9 Å². The summed E-state index contributed by atoms with van der Waals surface area (Å²) < 4.78 is 21.6. The van der Waals surface area contributed by atoms with Crippen LogP contribution >= 0.6 is 0 Å². The first-order valence-corrected chi connectivity index (χ1v) is 4.47. The second-order valence-corrected chi connectivity index (χ2v) is 3.81. The summed E-state index contributed by atoms with van der Waals surface area (Å²) >= 11 is 0. The lowest BCUT2D eigenvalue weighted by Gasteiger charge is -1.86. The maximum Gasteiger partial charge on any atom is 0.440 e. The maximum atomic E-state index is 10.8. The average Bonchev–Trinajstić information content (AvgIpc) is 2.31. The van der Waals surface area contributed by atoms with Crippen LogP contribution in [0.15, 0.2) is 9.98 Å². The Bertz CT molecular complexity index is 384. The third kappa shape index (κ3) is 1.39. The molecule has 1 rings (SSSR count). The molecule has 1 aliphatic rings. The van der Waals surface area contributed by atoms with Gasteiger partial charge in [-0.2, -0.15) is 4.99 Å². The van der Waals surface area contributed by atoms with Crippen molar-refractivity contribution in [3.05, 3.63) is 5.53 Å². The molecular formula is C4H4N4O2S. The minimum atomic E-state index is -3.43. The van der Waals surface area contributed by atoms with Gasteiger partial charge in [-0.25, -0.2) is 8.42 Å². The summed E-state index contributed by atoms with van der Waals surface area (Å²) in [6.07, 6.45) is 1.98. The van der Waals surface area contributed by atoms with E-state index in [4.69, 9.17) is 5.53 Å². The highest BCUT2D eigenvalue weighted by atomic mass is 32.2. The van der Waals surface area contributed by atoms with Crippen molar-refractivity contribution in [3.63, 3.8) is 0 Å². The first-order chi connectivity index (χ1) is 5.05. The van der Waals surface area contributed by atoms with Crippen LogP contribution in [0.4, 0.5) is 0 Å². The van der Waals surface area contributed by atoms with Crippen LogP contribution in [-0.4, -0.2) is 36.7 Å². The molecule has 0 unspecified atom stereocenters. The molecule has 6 nitrogen and oxygen atoms in total. The average molecular weight is 172 g/mol. The lowest BCUT2D eigenvalue weighted by Crippen LogP contribution is -2.19. The van der Waals surface area contributed by atoms with Gasteiger partial charge in [0.25, 0.3) is 5.04 Å². The van der Waals surface area contributed by atoms with E-state index in [1.54, 1.807) is 0 Å². The van der Waals surface area contributed by atoms with E-state index in [1.165, 1.54) is 0 Å². The summed E-state index contributed by atoms with van der Waals surface area (Å²) in [5.41, 5.74) is 8.23. The van der Waals surface area contributed by atoms with E-state index in [0.29, 0.717) is 0 Å². The molecule has 0 aromatic carbocycles. The monoisotopic (exact) mass is 172 g/mol. The number of hydrogen-bond donors (Lipinski definition) is 0. The van der Waals surface area contributed by atoms with Gasteiger partial charge < -0.3 is 10.3 Å². The molecule has 0 N–H and O–H groups in total. The number of sulfone groups is 1. The highest BCUT2D eigenvalue weighted by Crippen LogP contribution is 1.98. The van der Waals surface area contributed by atoms with Crippen LogP contribution in [0.5, 0.6) is 0 Å². The zero-order valence-corrected chi connectivity index (χ0v) is 6.41. The lowest BCUT2D eigenvalue weighted by atomic mass is 10.7. The van der Waals surface area contributed by atoms with Crippen molar-refractivity contribution in [1.82, 2.24) is 0 Å². The van der Waals surface area contributed by atoms with Crippen molar-refractivity contribution < 1.29 is 13.2 Å². The minimum absolute atomic E-state index is 0.271. The van der Waals surface area contributed by atoms with E-state index >= 15 is 0 Å². The SMILES string of the molecule is CS(=O)(=O)C1=NC=NC1=[N+]=[N-]. The molecule has 0 fully saturated rings. The molecule has 0 amide bonds. The maximum absolute atomic E-state index is 10.8. The van der Waals surface area contributed by atoms with Gasteiger partial charge in [0, 0.05) is 6.26 Å². The Morgan fingerprint density at radius 3 is 2.64 bits per heavy atom. The van der Waals surface area contributed by atoms with Gasteiger partial charge in [0.2, 0.25) is 16.2 Å². The molecule has 0 bridgehead atoms. The van der Waals surface area contributed by atoms with Crippen LogP contribution in [0, 0.1) is 0 Å². The van der Waals surface area contributed by atoms with E-state index in [1.807, 2.05) is 0 Å². The Balaban J connectivity index is 3.25. The van der Waals surface area contributed by atoms with E-state index in [9.17, 15) is 8.42 Å².